The molecule has 0 saturated heterocycles. The first-order valence-corrected chi connectivity index (χ1v) is 4.81. The first-order chi connectivity index (χ1) is 6.07. The molecule has 4 heteroatoms. The van der Waals surface area contributed by atoms with Gasteiger partial charge in [0.2, 0.25) is 0 Å². The first kappa shape index (κ1) is 12.2. The molecule has 0 fully saturated rings. The predicted octanol–water partition coefficient (Wildman–Crippen LogP) is 1.50. The van der Waals surface area contributed by atoms with Gasteiger partial charge < -0.3 is 15.7 Å². The van der Waals surface area contributed by atoms with Crippen LogP contribution >= 0.6 is 0 Å². The van der Waals surface area contributed by atoms with Crippen LogP contribution in [0.2, 0.25) is 0 Å². The maximum Gasteiger partial charge on any atom is 0.407 e. The van der Waals surface area contributed by atoms with Gasteiger partial charge in [0.1, 0.15) is 0 Å². The van der Waals surface area contributed by atoms with Crippen LogP contribution in [0, 0.1) is 0 Å². The summed E-state index contributed by atoms with van der Waals surface area (Å²) in [7, 11) is 0. The Hall–Kier alpha value is -0.770. The summed E-state index contributed by atoms with van der Waals surface area (Å²) in [6.45, 7) is 4.94. The largest absolute Gasteiger partial charge is 0.465 e. The Kier molecular flexibility index (Phi) is 6.32. The molecule has 0 heterocycles. The van der Waals surface area contributed by atoms with Crippen molar-refractivity contribution in [2.24, 2.45) is 5.73 Å². The molecule has 4 nitrogen and oxygen atoms in total. The third kappa shape index (κ3) is 6.40. The lowest BCUT2D eigenvalue weighted by Crippen LogP contribution is -2.39. The van der Waals surface area contributed by atoms with E-state index in [0.29, 0.717) is 13.1 Å². The fraction of sp³-hybridized carbons (Fsp3) is 0.889. The van der Waals surface area contributed by atoms with Crippen molar-refractivity contribution in [3.05, 3.63) is 0 Å². The second kappa shape index (κ2) is 6.71. The molecule has 3 N–H and O–H groups in total. The summed E-state index contributed by atoms with van der Waals surface area (Å²) in [6, 6.07) is -0.0854. The van der Waals surface area contributed by atoms with Crippen LogP contribution in [0.4, 0.5) is 4.79 Å². The summed E-state index contributed by atoms with van der Waals surface area (Å²) in [5.41, 5.74) is 5.53. The molecule has 0 aliphatic carbocycles. The number of hydrogen-bond donors (Lipinski definition) is 2. The molecule has 78 valence electrons. The number of amides is 1. The number of unbranched alkanes of at least 4 members (excludes halogenated alkanes) is 2. The zero-order valence-electron chi connectivity index (χ0n) is 8.49. The molecule has 13 heavy (non-hydrogen) atoms. The average Bonchev–Trinajstić information content (AvgIpc) is 2.02. The lowest BCUT2D eigenvalue weighted by atomic mass is 10.2. The highest BCUT2D eigenvalue weighted by Gasteiger charge is 2.12. The molecule has 0 saturated carbocycles. The summed E-state index contributed by atoms with van der Waals surface area (Å²) in [6.07, 6.45) is 2.23. The summed E-state index contributed by atoms with van der Waals surface area (Å²) in [5.74, 6) is 0. The molecule has 1 atom stereocenters. The van der Waals surface area contributed by atoms with Gasteiger partial charge in [0.15, 0.2) is 0 Å². The van der Waals surface area contributed by atoms with Crippen LogP contribution in [0.3, 0.4) is 0 Å². The summed E-state index contributed by atoms with van der Waals surface area (Å²) in [4.78, 5) is 12.1. The van der Waals surface area contributed by atoms with E-state index in [1.54, 1.807) is 0 Å². The normalized spacial score (nSPS) is 12.5. The summed E-state index contributed by atoms with van der Waals surface area (Å²) >= 11 is 0. The van der Waals surface area contributed by atoms with E-state index < -0.39 is 6.09 Å². The maximum absolute atomic E-state index is 10.7. The Bertz CT molecular complexity index is 149. The quantitative estimate of drug-likeness (QED) is 0.621. The van der Waals surface area contributed by atoms with Crippen LogP contribution in [0.25, 0.3) is 0 Å². The fourth-order valence-corrected chi connectivity index (χ4v) is 1.17. The molecular weight excluding hydrogens is 168 g/mol. The van der Waals surface area contributed by atoms with Crippen LogP contribution in [0.1, 0.15) is 33.1 Å². The fourth-order valence-electron chi connectivity index (χ4n) is 1.17. The van der Waals surface area contributed by atoms with Crippen LogP contribution in [0.15, 0.2) is 0 Å². The highest BCUT2D eigenvalue weighted by molar-refractivity contribution is 5.64. The Balaban J connectivity index is 3.74. The van der Waals surface area contributed by atoms with E-state index >= 15 is 0 Å². The lowest BCUT2D eigenvalue weighted by Gasteiger charge is -2.20. The first-order valence-electron chi connectivity index (χ1n) is 4.81. The van der Waals surface area contributed by atoms with E-state index in [-0.39, 0.29) is 6.04 Å². The molecule has 0 aromatic heterocycles. The summed E-state index contributed by atoms with van der Waals surface area (Å²) < 4.78 is 0. The minimum absolute atomic E-state index is 0.0854. The Labute approximate surface area is 79.7 Å². The predicted molar refractivity (Wildman–Crippen MR) is 52.8 cm³/mol. The number of nitrogens with two attached hydrogens (primary N) is 1. The van der Waals surface area contributed by atoms with Crippen molar-refractivity contribution in [3.63, 3.8) is 0 Å². The summed E-state index contributed by atoms with van der Waals surface area (Å²) in [5, 5.41) is 8.79. The molecule has 0 spiro atoms. The van der Waals surface area contributed by atoms with Gasteiger partial charge in [-0.1, -0.05) is 19.8 Å². The molecule has 0 rings (SSSR count). The van der Waals surface area contributed by atoms with E-state index in [9.17, 15) is 4.79 Å². The number of carbonyl (C=O) groups is 1. The van der Waals surface area contributed by atoms with Gasteiger partial charge in [-0.15, -0.1) is 0 Å². The zero-order chi connectivity index (χ0) is 10.3. The van der Waals surface area contributed by atoms with Crippen molar-refractivity contribution in [3.8, 4) is 0 Å². The standard InChI is InChI=1S/C9H20N2O2/c1-3-4-5-6-11(9(12)13)7-8(2)10/h8H,3-7,10H2,1-2H3,(H,12,13)/t8-/m1/s1. The van der Waals surface area contributed by atoms with Crippen molar-refractivity contribution in [1.29, 1.82) is 0 Å². The number of hydrogen-bond acceptors (Lipinski definition) is 2. The topological polar surface area (TPSA) is 66.6 Å². The van der Waals surface area contributed by atoms with Crippen molar-refractivity contribution in [2.45, 2.75) is 39.2 Å². The molecule has 0 aromatic rings. The molecule has 0 aromatic carbocycles. The minimum atomic E-state index is -0.867. The van der Waals surface area contributed by atoms with Crippen LogP contribution in [0.5, 0.6) is 0 Å². The van der Waals surface area contributed by atoms with E-state index in [1.807, 2.05) is 6.92 Å². The average molecular weight is 188 g/mol. The molecule has 0 aliphatic heterocycles. The van der Waals surface area contributed by atoms with Crippen molar-refractivity contribution in [2.75, 3.05) is 13.1 Å². The van der Waals surface area contributed by atoms with Gasteiger partial charge in [-0.3, -0.25) is 0 Å². The van der Waals surface area contributed by atoms with Gasteiger partial charge in [0, 0.05) is 19.1 Å². The van der Waals surface area contributed by atoms with Crippen molar-refractivity contribution < 1.29 is 9.90 Å². The molecule has 0 radical (unpaired) electrons. The Morgan fingerprint density at radius 3 is 2.54 bits per heavy atom. The second-order valence-corrected chi connectivity index (χ2v) is 3.41. The minimum Gasteiger partial charge on any atom is -0.465 e. The van der Waals surface area contributed by atoms with E-state index in [2.05, 4.69) is 6.92 Å². The highest BCUT2D eigenvalue weighted by atomic mass is 16.4. The van der Waals surface area contributed by atoms with Gasteiger partial charge in [-0.25, -0.2) is 4.79 Å². The van der Waals surface area contributed by atoms with Gasteiger partial charge in [-0.05, 0) is 13.3 Å². The smallest absolute Gasteiger partial charge is 0.407 e. The van der Waals surface area contributed by atoms with Gasteiger partial charge in [-0.2, -0.15) is 0 Å². The van der Waals surface area contributed by atoms with Gasteiger partial charge >= 0.3 is 6.09 Å². The van der Waals surface area contributed by atoms with Crippen molar-refractivity contribution >= 4 is 6.09 Å². The van der Waals surface area contributed by atoms with E-state index in [0.717, 1.165) is 19.3 Å². The third-order valence-electron chi connectivity index (χ3n) is 1.81. The van der Waals surface area contributed by atoms with E-state index in [1.165, 1.54) is 4.90 Å². The Morgan fingerprint density at radius 2 is 2.15 bits per heavy atom. The molecular formula is C9H20N2O2. The third-order valence-corrected chi connectivity index (χ3v) is 1.81. The van der Waals surface area contributed by atoms with E-state index in [4.69, 9.17) is 10.8 Å². The zero-order valence-corrected chi connectivity index (χ0v) is 8.49. The lowest BCUT2D eigenvalue weighted by molar-refractivity contribution is 0.142. The monoisotopic (exact) mass is 188 g/mol. The van der Waals surface area contributed by atoms with Crippen LogP contribution in [-0.4, -0.2) is 35.2 Å². The maximum atomic E-state index is 10.7. The number of rotatable bonds is 6. The van der Waals surface area contributed by atoms with Gasteiger partial charge in [0.05, 0.1) is 0 Å². The molecule has 0 aliphatic rings. The Morgan fingerprint density at radius 1 is 1.54 bits per heavy atom. The number of carboxylic acid groups (broad SMARTS) is 1. The molecule has 0 bridgehead atoms. The SMILES string of the molecule is CCCCCN(C[C@@H](C)N)C(=O)O. The van der Waals surface area contributed by atoms with Crippen molar-refractivity contribution in [1.82, 2.24) is 4.90 Å². The number of nitrogens with zero attached hydrogens (tertiary/aromatic N) is 1. The highest BCUT2D eigenvalue weighted by Crippen LogP contribution is 1.99. The van der Waals surface area contributed by atoms with Crippen LogP contribution < -0.4 is 5.73 Å². The van der Waals surface area contributed by atoms with Crippen LogP contribution in [-0.2, 0) is 0 Å². The molecule has 1 amide bonds. The second-order valence-electron chi connectivity index (χ2n) is 3.41. The molecule has 0 unspecified atom stereocenters. The van der Waals surface area contributed by atoms with Gasteiger partial charge in [0.25, 0.3) is 0 Å².